The Bertz CT molecular complexity index is 828. The lowest BCUT2D eigenvalue weighted by Crippen LogP contribution is -2.28. The lowest BCUT2D eigenvalue weighted by atomic mass is 10.2. The SMILES string of the molecule is O=C1CNc2ncc(-c3ccc(-c4ncn[nH]4)nc3)nc2N1. The first-order valence-corrected chi connectivity index (χ1v) is 6.52. The molecule has 1 aliphatic heterocycles. The molecule has 3 N–H and O–H groups in total. The van der Waals surface area contributed by atoms with E-state index in [1.807, 2.05) is 12.1 Å². The molecule has 0 saturated carbocycles. The second-order valence-corrected chi connectivity index (χ2v) is 4.62. The Labute approximate surface area is 124 Å². The monoisotopic (exact) mass is 294 g/mol. The van der Waals surface area contributed by atoms with Crippen molar-refractivity contribution in [3.8, 4) is 22.8 Å². The average molecular weight is 294 g/mol. The molecule has 0 aliphatic carbocycles. The third-order valence-corrected chi connectivity index (χ3v) is 3.16. The quantitative estimate of drug-likeness (QED) is 0.635. The van der Waals surface area contributed by atoms with Crippen LogP contribution in [0.5, 0.6) is 0 Å². The Kier molecular flexibility index (Phi) is 2.75. The molecule has 108 valence electrons. The van der Waals surface area contributed by atoms with Gasteiger partial charge in [-0.25, -0.2) is 15.0 Å². The minimum absolute atomic E-state index is 0.141. The van der Waals surface area contributed by atoms with Gasteiger partial charge in [0.15, 0.2) is 17.5 Å². The number of hydrogen-bond acceptors (Lipinski definition) is 7. The second kappa shape index (κ2) is 4.88. The van der Waals surface area contributed by atoms with Crippen molar-refractivity contribution in [2.24, 2.45) is 0 Å². The fraction of sp³-hybridized carbons (Fsp3) is 0.0769. The molecule has 4 rings (SSSR count). The van der Waals surface area contributed by atoms with E-state index < -0.39 is 0 Å². The van der Waals surface area contributed by atoms with Crippen LogP contribution >= 0.6 is 0 Å². The molecule has 9 nitrogen and oxygen atoms in total. The molecule has 1 amide bonds. The van der Waals surface area contributed by atoms with E-state index in [2.05, 4.69) is 40.8 Å². The van der Waals surface area contributed by atoms with Crippen LogP contribution in [0.2, 0.25) is 0 Å². The highest BCUT2D eigenvalue weighted by atomic mass is 16.2. The van der Waals surface area contributed by atoms with Crippen LogP contribution in [0.25, 0.3) is 22.8 Å². The molecule has 0 radical (unpaired) electrons. The van der Waals surface area contributed by atoms with E-state index in [-0.39, 0.29) is 12.5 Å². The van der Waals surface area contributed by atoms with Gasteiger partial charge in [0.2, 0.25) is 5.91 Å². The molecule has 0 atom stereocenters. The van der Waals surface area contributed by atoms with E-state index in [0.717, 1.165) is 5.56 Å². The molecule has 0 spiro atoms. The first-order valence-electron chi connectivity index (χ1n) is 6.52. The van der Waals surface area contributed by atoms with Crippen molar-refractivity contribution < 1.29 is 4.79 Å². The largest absolute Gasteiger partial charge is 0.358 e. The number of fused-ring (bicyclic) bond motifs is 1. The number of amides is 1. The zero-order valence-electron chi connectivity index (χ0n) is 11.2. The Hall–Kier alpha value is -3.36. The van der Waals surface area contributed by atoms with Gasteiger partial charge in [0.1, 0.15) is 12.0 Å². The number of nitrogens with zero attached hydrogens (tertiary/aromatic N) is 5. The first kappa shape index (κ1) is 12.4. The van der Waals surface area contributed by atoms with E-state index in [0.29, 0.717) is 28.8 Å². The van der Waals surface area contributed by atoms with Gasteiger partial charge in [-0.3, -0.25) is 14.9 Å². The lowest BCUT2D eigenvalue weighted by molar-refractivity contribution is -0.114. The highest BCUT2D eigenvalue weighted by molar-refractivity contribution is 5.98. The van der Waals surface area contributed by atoms with E-state index in [1.165, 1.54) is 6.33 Å². The fourth-order valence-electron chi connectivity index (χ4n) is 2.10. The number of aromatic amines is 1. The molecule has 0 aromatic carbocycles. The minimum Gasteiger partial charge on any atom is -0.358 e. The van der Waals surface area contributed by atoms with Crippen molar-refractivity contribution >= 4 is 17.5 Å². The van der Waals surface area contributed by atoms with Crippen LogP contribution in [0, 0.1) is 0 Å². The van der Waals surface area contributed by atoms with Crippen LogP contribution in [-0.4, -0.2) is 42.6 Å². The molecule has 0 unspecified atom stereocenters. The molecule has 4 heterocycles. The number of nitrogens with one attached hydrogen (secondary N) is 3. The second-order valence-electron chi connectivity index (χ2n) is 4.62. The fourth-order valence-corrected chi connectivity index (χ4v) is 2.10. The van der Waals surface area contributed by atoms with Crippen LogP contribution in [0.15, 0.2) is 30.9 Å². The molecule has 0 saturated heterocycles. The maximum atomic E-state index is 11.4. The van der Waals surface area contributed by atoms with Gasteiger partial charge in [0, 0.05) is 11.8 Å². The van der Waals surface area contributed by atoms with Gasteiger partial charge < -0.3 is 10.6 Å². The number of pyridine rings is 1. The predicted molar refractivity (Wildman–Crippen MR) is 77.8 cm³/mol. The van der Waals surface area contributed by atoms with Gasteiger partial charge in [0.25, 0.3) is 0 Å². The normalized spacial score (nSPS) is 13.2. The van der Waals surface area contributed by atoms with Crippen molar-refractivity contribution in [1.82, 2.24) is 30.1 Å². The van der Waals surface area contributed by atoms with Gasteiger partial charge in [-0.05, 0) is 12.1 Å². The van der Waals surface area contributed by atoms with E-state index in [1.54, 1.807) is 12.4 Å². The summed E-state index contributed by atoms with van der Waals surface area (Å²) in [7, 11) is 0. The summed E-state index contributed by atoms with van der Waals surface area (Å²) in [5.74, 6) is 1.44. The summed E-state index contributed by atoms with van der Waals surface area (Å²) < 4.78 is 0. The topological polar surface area (TPSA) is 121 Å². The molecule has 9 heteroatoms. The van der Waals surface area contributed by atoms with Crippen LogP contribution in [0.3, 0.4) is 0 Å². The maximum Gasteiger partial charge on any atom is 0.244 e. The number of aromatic nitrogens is 6. The summed E-state index contributed by atoms with van der Waals surface area (Å²) in [6.45, 7) is 0.203. The third-order valence-electron chi connectivity index (χ3n) is 3.16. The Morgan fingerprint density at radius 2 is 1.95 bits per heavy atom. The number of rotatable bonds is 2. The maximum absolute atomic E-state index is 11.4. The first-order chi connectivity index (χ1) is 10.8. The number of hydrogen-bond donors (Lipinski definition) is 3. The standard InChI is InChI=1S/C13H10N8O/c22-10-5-16-12-13(20-10)19-9(4-15-12)7-1-2-8(14-3-7)11-17-6-18-21-11/h1-4,6H,5H2,(H,15,16)(H,17,18,21)(H,19,20,22). The number of carbonyl (C=O) groups is 1. The summed E-state index contributed by atoms with van der Waals surface area (Å²) in [5.41, 5.74) is 2.10. The van der Waals surface area contributed by atoms with Gasteiger partial charge in [0.05, 0.1) is 18.4 Å². The van der Waals surface area contributed by atoms with E-state index >= 15 is 0 Å². The Morgan fingerprint density at radius 3 is 2.73 bits per heavy atom. The zero-order valence-corrected chi connectivity index (χ0v) is 11.2. The Morgan fingerprint density at radius 1 is 1.00 bits per heavy atom. The van der Waals surface area contributed by atoms with E-state index in [4.69, 9.17) is 0 Å². The van der Waals surface area contributed by atoms with Crippen molar-refractivity contribution in [2.75, 3.05) is 17.2 Å². The summed E-state index contributed by atoms with van der Waals surface area (Å²) in [6, 6.07) is 3.67. The number of carbonyl (C=O) groups excluding carboxylic acids is 1. The molecule has 22 heavy (non-hydrogen) atoms. The number of anilines is 2. The van der Waals surface area contributed by atoms with Crippen LogP contribution in [0.4, 0.5) is 11.6 Å². The highest BCUT2D eigenvalue weighted by Gasteiger charge is 2.17. The molecular formula is C13H10N8O. The number of H-pyrrole nitrogens is 1. The van der Waals surface area contributed by atoms with Crippen LogP contribution in [0.1, 0.15) is 0 Å². The van der Waals surface area contributed by atoms with Gasteiger partial charge in [-0.1, -0.05) is 0 Å². The highest BCUT2D eigenvalue weighted by Crippen LogP contribution is 2.24. The van der Waals surface area contributed by atoms with Crippen molar-refractivity contribution in [2.45, 2.75) is 0 Å². The summed E-state index contributed by atoms with van der Waals surface area (Å²) in [6.07, 6.45) is 4.73. The molecule has 0 fully saturated rings. The lowest BCUT2D eigenvalue weighted by Gasteiger charge is -2.16. The molecule has 3 aromatic heterocycles. The van der Waals surface area contributed by atoms with Crippen molar-refractivity contribution in [3.05, 3.63) is 30.9 Å². The van der Waals surface area contributed by atoms with E-state index in [9.17, 15) is 4.79 Å². The van der Waals surface area contributed by atoms with Crippen LogP contribution in [-0.2, 0) is 4.79 Å². The smallest absolute Gasteiger partial charge is 0.244 e. The van der Waals surface area contributed by atoms with Gasteiger partial charge in [-0.2, -0.15) is 5.10 Å². The molecule has 0 bridgehead atoms. The van der Waals surface area contributed by atoms with Gasteiger partial charge in [-0.15, -0.1) is 0 Å². The summed E-state index contributed by atoms with van der Waals surface area (Å²) >= 11 is 0. The third kappa shape index (κ3) is 2.14. The van der Waals surface area contributed by atoms with Crippen molar-refractivity contribution in [3.63, 3.8) is 0 Å². The average Bonchev–Trinajstić information content (AvgIpc) is 3.09. The summed E-state index contributed by atoms with van der Waals surface area (Å²) in [5, 5.41) is 12.1. The Balaban J connectivity index is 1.67. The minimum atomic E-state index is -0.141. The molecule has 3 aromatic rings. The predicted octanol–water partition coefficient (Wildman–Crippen LogP) is 0.688. The summed E-state index contributed by atoms with van der Waals surface area (Å²) in [4.78, 5) is 28.4. The molecule has 1 aliphatic rings. The molecular weight excluding hydrogens is 284 g/mol. The van der Waals surface area contributed by atoms with Gasteiger partial charge >= 0.3 is 0 Å². The van der Waals surface area contributed by atoms with Crippen molar-refractivity contribution in [1.29, 1.82) is 0 Å². The zero-order chi connectivity index (χ0) is 14.9. The van der Waals surface area contributed by atoms with Crippen LogP contribution < -0.4 is 10.6 Å².